The highest BCUT2D eigenvalue weighted by Crippen LogP contribution is 2.22. The van der Waals surface area contributed by atoms with Crippen molar-refractivity contribution in [2.24, 2.45) is 0 Å². The van der Waals surface area contributed by atoms with Crippen molar-refractivity contribution in [2.45, 2.75) is 20.8 Å². The third-order valence-corrected chi connectivity index (χ3v) is 2.70. The molecular weight excluding hydrogens is 180 g/mol. The quantitative estimate of drug-likeness (QED) is 0.630. The third kappa shape index (κ3) is 1.94. The molecule has 0 N–H and O–H groups in total. The van der Waals surface area contributed by atoms with Gasteiger partial charge in [0.25, 0.3) is 0 Å². The number of allylic oxidation sites excluding steroid dienone is 1. The molecule has 2 aromatic rings. The Morgan fingerprint density at radius 1 is 1.00 bits per heavy atom. The van der Waals surface area contributed by atoms with E-state index in [0.29, 0.717) is 0 Å². The van der Waals surface area contributed by atoms with Crippen LogP contribution >= 0.6 is 0 Å². The molecule has 0 aliphatic carbocycles. The fourth-order valence-corrected chi connectivity index (χ4v) is 1.98. The predicted octanol–water partition coefficient (Wildman–Crippen LogP) is 4.49. The number of fused-ring (bicyclic) bond motifs is 1. The van der Waals surface area contributed by atoms with E-state index >= 15 is 0 Å². The van der Waals surface area contributed by atoms with Crippen LogP contribution in [0.5, 0.6) is 0 Å². The lowest BCUT2D eigenvalue weighted by atomic mass is 10.00. The Balaban J connectivity index is 2.72. The fraction of sp³-hybridized carbons (Fsp3) is 0.200. The van der Waals surface area contributed by atoms with Crippen molar-refractivity contribution in [1.82, 2.24) is 0 Å². The Labute approximate surface area is 91.2 Å². The van der Waals surface area contributed by atoms with Crippen molar-refractivity contribution in [3.8, 4) is 0 Å². The molecule has 0 nitrogen and oxygen atoms in total. The molecule has 0 heteroatoms. The van der Waals surface area contributed by atoms with E-state index in [4.69, 9.17) is 0 Å². The zero-order chi connectivity index (χ0) is 10.8. The van der Waals surface area contributed by atoms with E-state index in [0.717, 1.165) is 0 Å². The summed E-state index contributed by atoms with van der Waals surface area (Å²) in [4.78, 5) is 0. The van der Waals surface area contributed by atoms with E-state index in [1.807, 2.05) is 0 Å². The Morgan fingerprint density at radius 2 is 1.80 bits per heavy atom. The largest absolute Gasteiger partial charge is 0.0871 e. The molecule has 0 bridgehead atoms. The molecule has 76 valence electrons. The molecule has 0 unspecified atom stereocenters. The molecule has 0 fully saturated rings. The summed E-state index contributed by atoms with van der Waals surface area (Å²) in [6.07, 6.45) is 4.22. The van der Waals surface area contributed by atoms with Crippen LogP contribution in [-0.4, -0.2) is 0 Å². The summed E-state index contributed by atoms with van der Waals surface area (Å²) in [5, 5.41) is 2.69. The number of hydrogen-bond acceptors (Lipinski definition) is 0. The van der Waals surface area contributed by atoms with E-state index in [-0.39, 0.29) is 0 Å². The van der Waals surface area contributed by atoms with Crippen LogP contribution < -0.4 is 0 Å². The van der Waals surface area contributed by atoms with Gasteiger partial charge in [0.2, 0.25) is 0 Å². The Kier molecular flexibility index (Phi) is 2.59. The van der Waals surface area contributed by atoms with Crippen molar-refractivity contribution < 1.29 is 0 Å². The summed E-state index contributed by atoms with van der Waals surface area (Å²) < 4.78 is 0. The SMILES string of the molecule is C/C=C/c1cc(C)c2cc(C)ccc2c1. The van der Waals surface area contributed by atoms with E-state index in [2.05, 4.69) is 63.3 Å². The van der Waals surface area contributed by atoms with E-state index < -0.39 is 0 Å². The summed E-state index contributed by atoms with van der Waals surface area (Å²) >= 11 is 0. The molecule has 0 amide bonds. The summed E-state index contributed by atoms with van der Waals surface area (Å²) in [7, 11) is 0. The number of aryl methyl sites for hydroxylation is 2. The highest BCUT2D eigenvalue weighted by molar-refractivity contribution is 5.88. The third-order valence-electron chi connectivity index (χ3n) is 2.70. The Hall–Kier alpha value is -1.56. The molecule has 0 aliphatic rings. The molecule has 2 rings (SSSR count). The van der Waals surface area contributed by atoms with Crippen LogP contribution in [0.4, 0.5) is 0 Å². The smallest absolute Gasteiger partial charge is 0.0152 e. The van der Waals surface area contributed by atoms with Gasteiger partial charge in [-0.1, -0.05) is 42.0 Å². The predicted molar refractivity (Wildman–Crippen MR) is 68.1 cm³/mol. The fourth-order valence-electron chi connectivity index (χ4n) is 1.98. The molecule has 0 saturated heterocycles. The Morgan fingerprint density at radius 3 is 2.53 bits per heavy atom. The van der Waals surface area contributed by atoms with Gasteiger partial charge in [0.15, 0.2) is 0 Å². The van der Waals surface area contributed by atoms with Gasteiger partial charge in [-0.2, -0.15) is 0 Å². The second-order valence-corrected chi connectivity index (χ2v) is 4.06. The summed E-state index contributed by atoms with van der Waals surface area (Å²) in [6.45, 7) is 6.36. The average molecular weight is 196 g/mol. The first-order valence-corrected chi connectivity index (χ1v) is 5.34. The summed E-state index contributed by atoms with van der Waals surface area (Å²) in [6, 6.07) is 11.1. The second-order valence-electron chi connectivity index (χ2n) is 4.06. The van der Waals surface area contributed by atoms with Crippen LogP contribution in [0.15, 0.2) is 36.4 Å². The molecule has 15 heavy (non-hydrogen) atoms. The van der Waals surface area contributed by atoms with Crippen molar-refractivity contribution in [3.05, 3.63) is 53.1 Å². The standard InChI is InChI=1S/C15H16/c1-4-5-13-9-12(3)15-8-11(2)6-7-14(15)10-13/h4-10H,1-3H3/b5-4+. The minimum absolute atomic E-state index is 1.28. The maximum atomic E-state index is 2.25. The van der Waals surface area contributed by atoms with Crippen LogP contribution in [0.3, 0.4) is 0 Å². The van der Waals surface area contributed by atoms with Gasteiger partial charge in [-0.25, -0.2) is 0 Å². The Bertz CT molecular complexity index is 519. The minimum atomic E-state index is 1.28. The van der Waals surface area contributed by atoms with Gasteiger partial charge >= 0.3 is 0 Å². The van der Waals surface area contributed by atoms with Crippen LogP contribution in [-0.2, 0) is 0 Å². The van der Waals surface area contributed by atoms with Gasteiger partial charge in [-0.05, 0) is 48.7 Å². The maximum Gasteiger partial charge on any atom is -0.0152 e. The van der Waals surface area contributed by atoms with E-state index in [1.165, 1.54) is 27.5 Å². The average Bonchev–Trinajstić information content (AvgIpc) is 2.20. The van der Waals surface area contributed by atoms with Gasteiger partial charge < -0.3 is 0 Å². The molecule has 0 heterocycles. The number of benzene rings is 2. The molecule has 0 atom stereocenters. The van der Waals surface area contributed by atoms with Crippen LogP contribution in [0.1, 0.15) is 23.6 Å². The molecule has 2 aromatic carbocycles. The van der Waals surface area contributed by atoms with Crippen molar-refractivity contribution >= 4 is 16.8 Å². The normalized spacial score (nSPS) is 11.4. The van der Waals surface area contributed by atoms with E-state index in [9.17, 15) is 0 Å². The molecule has 0 spiro atoms. The lowest BCUT2D eigenvalue weighted by Gasteiger charge is -2.05. The van der Waals surface area contributed by atoms with Gasteiger partial charge in [0, 0.05) is 0 Å². The monoisotopic (exact) mass is 196 g/mol. The lowest BCUT2D eigenvalue weighted by Crippen LogP contribution is -1.82. The first-order chi connectivity index (χ1) is 7.20. The first kappa shape index (κ1) is 9.97. The van der Waals surface area contributed by atoms with Crippen LogP contribution in [0, 0.1) is 13.8 Å². The number of hydrogen-bond donors (Lipinski definition) is 0. The van der Waals surface area contributed by atoms with Crippen molar-refractivity contribution in [1.29, 1.82) is 0 Å². The molecule has 0 aliphatic heterocycles. The first-order valence-electron chi connectivity index (χ1n) is 5.34. The van der Waals surface area contributed by atoms with E-state index in [1.54, 1.807) is 0 Å². The van der Waals surface area contributed by atoms with Gasteiger partial charge in [0.1, 0.15) is 0 Å². The lowest BCUT2D eigenvalue weighted by molar-refractivity contribution is 1.46. The summed E-state index contributed by atoms with van der Waals surface area (Å²) in [5.74, 6) is 0. The van der Waals surface area contributed by atoms with Gasteiger partial charge in [-0.3, -0.25) is 0 Å². The molecule has 0 saturated carbocycles. The number of rotatable bonds is 1. The van der Waals surface area contributed by atoms with Gasteiger partial charge in [-0.15, -0.1) is 0 Å². The molecular formula is C15H16. The highest BCUT2D eigenvalue weighted by atomic mass is 14.0. The maximum absolute atomic E-state index is 2.25. The topological polar surface area (TPSA) is 0 Å². The molecule has 0 radical (unpaired) electrons. The van der Waals surface area contributed by atoms with Crippen molar-refractivity contribution in [3.63, 3.8) is 0 Å². The molecule has 0 aromatic heterocycles. The minimum Gasteiger partial charge on any atom is -0.0871 e. The summed E-state index contributed by atoms with van der Waals surface area (Å²) in [5.41, 5.74) is 3.96. The zero-order valence-corrected chi connectivity index (χ0v) is 9.54. The van der Waals surface area contributed by atoms with Crippen LogP contribution in [0.2, 0.25) is 0 Å². The van der Waals surface area contributed by atoms with Gasteiger partial charge in [0.05, 0.1) is 0 Å². The van der Waals surface area contributed by atoms with Crippen LogP contribution in [0.25, 0.3) is 16.8 Å². The second kappa shape index (κ2) is 3.90. The highest BCUT2D eigenvalue weighted by Gasteiger charge is 1.99. The van der Waals surface area contributed by atoms with Crippen molar-refractivity contribution in [2.75, 3.05) is 0 Å². The zero-order valence-electron chi connectivity index (χ0n) is 9.54.